The van der Waals surface area contributed by atoms with Crippen LogP contribution in [-0.4, -0.2) is 16.7 Å². The molecule has 0 unspecified atom stereocenters. The molecule has 0 saturated carbocycles. The molecule has 20 heavy (non-hydrogen) atoms. The van der Waals surface area contributed by atoms with Crippen molar-refractivity contribution in [3.05, 3.63) is 54.6 Å². The van der Waals surface area contributed by atoms with Crippen molar-refractivity contribution in [2.75, 3.05) is 7.11 Å². The zero-order valence-corrected chi connectivity index (χ0v) is 14.6. The third-order valence-corrected chi connectivity index (χ3v) is 4.75. The van der Waals surface area contributed by atoms with Crippen molar-refractivity contribution in [2.24, 2.45) is 0 Å². The van der Waals surface area contributed by atoms with Gasteiger partial charge in [0.15, 0.2) is 0 Å². The molecule has 0 aliphatic rings. The van der Waals surface area contributed by atoms with Crippen LogP contribution in [0.15, 0.2) is 31.9 Å². The normalized spacial score (nSPS) is 10.7. The molecule has 6 heteroatoms. The summed E-state index contributed by atoms with van der Waals surface area (Å²) in [4.78, 5) is 16.1. The van der Waals surface area contributed by atoms with Gasteiger partial charge in [-0.25, -0.2) is 4.79 Å². The summed E-state index contributed by atoms with van der Waals surface area (Å²) in [7, 11) is 1.62. The Bertz CT molecular complexity index is 711. The van der Waals surface area contributed by atoms with Crippen LogP contribution < -0.4 is 10.4 Å². The summed E-state index contributed by atoms with van der Waals surface area (Å²) in [6.45, 7) is 4.12. The third kappa shape index (κ3) is 2.96. The smallest absolute Gasteiger partial charge is 0.348 e. The lowest BCUT2D eigenvalue weighted by atomic mass is 10.2. The Labute approximate surface area is 134 Å². The van der Waals surface area contributed by atoms with Gasteiger partial charge in [-0.3, -0.25) is 4.57 Å². The zero-order valence-electron chi connectivity index (χ0n) is 11.4. The fourth-order valence-corrected chi connectivity index (χ4v) is 2.72. The van der Waals surface area contributed by atoms with Crippen LogP contribution in [-0.2, 0) is 6.54 Å². The van der Waals surface area contributed by atoms with E-state index in [9.17, 15) is 4.79 Å². The number of aryl methyl sites for hydroxylation is 1. The van der Waals surface area contributed by atoms with Crippen molar-refractivity contribution in [3.8, 4) is 5.75 Å². The summed E-state index contributed by atoms with van der Waals surface area (Å²) >= 11 is 6.90. The van der Waals surface area contributed by atoms with Gasteiger partial charge in [-0.05, 0) is 48.0 Å². The topological polar surface area (TPSA) is 44.1 Å². The Morgan fingerprint density at radius 3 is 2.65 bits per heavy atom. The third-order valence-electron chi connectivity index (χ3n) is 3.11. The summed E-state index contributed by atoms with van der Waals surface area (Å²) in [5, 5.41) is 0. The van der Waals surface area contributed by atoms with Gasteiger partial charge in [0.25, 0.3) is 0 Å². The van der Waals surface area contributed by atoms with Crippen LogP contribution in [0.1, 0.15) is 17.0 Å². The van der Waals surface area contributed by atoms with Crippen LogP contribution in [0.5, 0.6) is 5.75 Å². The minimum atomic E-state index is -0.259. The van der Waals surface area contributed by atoms with E-state index < -0.39 is 0 Å². The maximum absolute atomic E-state index is 12.1. The van der Waals surface area contributed by atoms with Crippen LogP contribution in [0.25, 0.3) is 0 Å². The second-order valence-electron chi connectivity index (χ2n) is 4.42. The molecule has 0 aliphatic carbocycles. The van der Waals surface area contributed by atoms with Gasteiger partial charge in [0.05, 0.1) is 23.8 Å². The molecule has 0 amide bonds. The fourth-order valence-electron chi connectivity index (χ4n) is 2.00. The monoisotopic (exact) mass is 400 g/mol. The molecule has 0 N–H and O–H groups in total. The first-order valence-electron chi connectivity index (χ1n) is 6.00. The molecule has 4 nitrogen and oxygen atoms in total. The van der Waals surface area contributed by atoms with Crippen molar-refractivity contribution in [3.63, 3.8) is 0 Å². The van der Waals surface area contributed by atoms with Gasteiger partial charge >= 0.3 is 5.69 Å². The molecule has 0 fully saturated rings. The molecule has 0 radical (unpaired) electrons. The molecule has 1 aromatic carbocycles. The number of halogens is 2. The van der Waals surface area contributed by atoms with Crippen LogP contribution in [0.3, 0.4) is 0 Å². The highest BCUT2D eigenvalue weighted by molar-refractivity contribution is 9.10. The number of aromatic nitrogens is 2. The molecule has 106 valence electrons. The fraction of sp³-hybridized carbons (Fsp3) is 0.286. The molecule has 0 atom stereocenters. The lowest BCUT2D eigenvalue weighted by Gasteiger charge is -2.14. The largest absolute Gasteiger partial charge is 0.496 e. The van der Waals surface area contributed by atoms with Crippen molar-refractivity contribution in [1.29, 1.82) is 0 Å². The molecule has 1 aromatic heterocycles. The van der Waals surface area contributed by atoms with Gasteiger partial charge in [0.1, 0.15) is 5.75 Å². The van der Waals surface area contributed by atoms with Gasteiger partial charge < -0.3 is 4.74 Å². The number of hydrogen-bond acceptors (Lipinski definition) is 3. The van der Waals surface area contributed by atoms with E-state index in [-0.39, 0.29) is 5.69 Å². The first kappa shape index (κ1) is 15.3. The van der Waals surface area contributed by atoms with Crippen molar-refractivity contribution < 1.29 is 4.74 Å². The maximum atomic E-state index is 12.1. The predicted molar refractivity (Wildman–Crippen MR) is 85.5 cm³/mol. The van der Waals surface area contributed by atoms with Crippen LogP contribution >= 0.6 is 31.9 Å². The summed E-state index contributed by atoms with van der Waals surface area (Å²) in [5.41, 5.74) is 2.21. The number of nitrogens with zero attached hydrogens (tertiary/aromatic N) is 2. The van der Waals surface area contributed by atoms with E-state index in [1.54, 1.807) is 11.7 Å². The molecule has 0 aliphatic heterocycles. The number of benzene rings is 1. The lowest BCUT2D eigenvalue weighted by Crippen LogP contribution is -2.27. The quantitative estimate of drug-likeness (QED) is 0.791. The minimum absolute atomic E-state index is 0.259. The maximum Gasteiger partial charge on any atom is 0.348 e. The summed E-state index contributed by atoms with van der Waals surface area (Å²) < 4.78 is 8.76. The molecular weight excluding hydrogens is 388 g/mol. The van der Waals surface area contributed by atoms with Crippen LogP contribution in [0.2, 0.25) is 0 Å². The number of methoxy groups -OCH3 is 1. The number of ether oxygens (including phenoxy) is 1. The predicted octanol–water partition coefficient (Wildman–Crippen LogP) is 3.44. The zero-order chi connectivity index (χ0) is 14.9. The summed E-state index contributed by atoms with van der Waals surface area (Å²) in [6, 6.07) is 5.72. The van der Waals surface area contributed by atoms with E-state index >= 15 is 0 Å². The highest BCUT2D eigenvalue weighted by Crippen LogP contribution is 2.25. The van der Waals surface area contributed by atoms with Crippen LogP contribution in [0, 0.1) is 13.8 Å². The number of hydrogen-bond donors (Lipinski definition) is 0. The van der Waals surface area contributed by atoms with Crippen molar-refractivity contribution in [2.45, 2.75) is 20.4 Å². The summed E-state index contributed by atoms with van der Waals surface area (Å²) in [5.74, 6) is 0.746. The van der Waals surface area contributed by atoms with Gasteiger partial charge in [-0.15, -0.1) is 0 Å². The Morgan fingerprint density at radius 1 is 1.30 bits per heavy atom. The SMILES string of the molecule is COc1ccc(Br)cc1Cn1c(C)c(Br)c(C)nc1=O. The van der Waals surface area contributed by atoms with Gasteiger partial charge in [0.2, 0.25) is 0 Å². The van der Waals surface area contributed by atoms with Gasteiger partial charge in [-0.2, -0.15) is 4.98 Å². The minimum Gasteiger partial charge on any atom is -0.496 e. The van der Waals surface area contributed by atoms with E-state index in [2.05, 4.69) is 36.8 Å². The Kier molecular flexibility index (Phi) is 4.65. The standard InChI is InChI=1S/C14H14Br2N2O2/c1-8-13(16)9(2)18(14(19)17-8)7-10-6-11(15)4-5-12(10)20-3/h4-6H,7H2,1-3H3. The molecule has 1 heterocycles. The van der Waals surface area contributed by atoms with E-state index in [4.69, 9.17) is 4.74 Å². The van der Waals surface area contributed by atoms with Crippen molar-refractivity contribution >= 4 is 31.9 Å². The van der Waals surface area contributed by atoms with Crippen molar-refractivity contribution in [1.82, 2.24) is 9.55 Å². The highest BCUT2D eigenvalue weighted by atomic mass is 79.9. The Morgan fingerprint density at radius 2 is 2.00 bits per heavy atom. The van der Waals surface area contributed by atoms with Gasteiger partial charge in [0, 0.05) is 15.7 Å². The first-order valence-corrected chi connectivity index (χ1v) is 7.58. The van der Waals surface area contributed by atoms with E-state index in [1.165, 1.54) is 0 Å². The number of rotatable bonds is 3. The van der Waals surface area contributed by atoms with E-state index in [1.807, 2.05) is 32.0 Å². The Balaban J connectivity index is 2.53. The first-order chi connectivity index (χ1) is 9.43. The molecule has 0 saturated heterocycles. The van der Waals surface area contributed by atoms with E-state index in [0.717, 1.165) is 26.0 Å². The lowest BCUT2D eigenvalue weighted by molar-refractivity contribution is 0.407. The molecule has 2 aromatic rings. The average Bonchev–Trinajstić information content (AvgIpc) is 2.41. The molecule has 0 bridgehead atoms. The molecular formula is C14H14Br2N2O2. The summed E-state index contributed by atoms with van der Waals surface area (Å²) in [6.07, 6.45) is 0. The second kappa shape index (κ2) is 6.10. The second-order valence-corrected chi connectivity index (χ2v) is 6.13. The molecule has 2 rings (SSSR count). The highest BCUT2D eigenvalue weighted by Gasteiger charge is 2.12. The average molecular weight is 402 g/mol. The van der Waals surface area contributed by atoms with Crippen LogP contribution in [0.4, 0.5) is 0 Å². The van der Waals surface area contributed by atoms with E-state index in [0.29, 0.717) is 12.2 Å². The van der Waals surface area contributed by atoms with Gasteiger partial charge in [-0.1, -0.05) is 15.9 Å². The molecule has 0 spiro atoms. The Hall–Kier alpha value is -1.14.